The van der Waals surface area contributed by atoms with Gasteiger partial charge in [0.05, 0.1) is 6.10 Å². The standard InChI is InChI=1S/C16H26O2/c1-9(2)10-6-12-15(3)7-11(10)14(18-5)16(12,4)8-13(15)17/h9-12,14H,6-8H2,1-5H3/t10-,11-,12-,14+,15+,16+/m0/s1. The van der Waals surface area contributed by atoms with Crippen molar-refractivity contribution in [2.75, 3.05) is 7.11 Å². The van der Waals surface area contributed by atoms with Crippen molar-refractivity contribution in [3.8, 4) is 0 Å². The number of rotatable bonds is 2. The van der Waals surface area contributed by atoms with E-state index in [0.717, 1.165) is 18.8 Å². The Labute approximate surface area is 110 Å². The number of methoxy groups -OCH3 is 1. The molecule has 0 unspecified atom stereocenters. The van der Waals surface area contributed by atoms with E-state index in [0.29, 0.717) is 29.6 Å². The fraction of sp³-hybridized carbons (Fsp3) is 0.938. The maximum atomic E-state index is 12.5. The van der Waals surface area contributed by atoms with Gasteiger partial charge in [0.1, 0.15) is 5.78 Å². The number of hydrogen-bond acceptors (Lipinski definition) is 2. The van der Waals surface area contributed by atoms with Crippen LogP contribution in [0.2, 0.25) is 0 Å². The summed E-state index contributed by atoms with van der Waals surface area (Å²) < 4.78 is 5.88. The highest BCUT2D eigenvalue weighted by molar-refractivity contribution is 5.89. The minimum atomic E-state index is -0.0418. The molecule has 0 heterocycles. The largest absolute Gasteiger partial charge is 0.381 e. The molecule has 0 saturated heterocycles. The highest BCUT2D eigenvalue weighted by Gasteiger charge is 2.70. The van der Waals surface area contributed by atoms with Gasteiger partial charge in [-0.2, -0.15) is 0 Å². The molecule has 18 heavy (non-hydrogen) atoms. The molecule has 6 atom stereocenters. The number of ether oxygens (including phenoxy) is 1. The Morgan fingerprint density at radius 1 is 1.33 bits per heavy atom. The molecule has 4 aliphatic carbocycles. The third-order valence-electron chi connectivity index (χ3n) is 6.61. The van der Waals surface area contributed by atoms with Crippen molar-refractivity contribution < 1.29 is 9.53 Å². The highest BCUT2D eigenvalue weighted by Crippen LogP contribution is 2.70. The zero-order valence-corrected chi connectivity index (χ0v) is 12.3. The minimum absolute atomic E-state index is 0.0418. The molecule has 0 amide bonds. The average Bonchev–Trinajstić information content (AvgIpc) is 2.42. The minimum Gasteiger partial charge on any atom is -0.381 e. The van der Waals surface area contributed by atoms with Gasteiger partial charge in [-0.15, -0.1) is 0 Å². The van der Waals surface area contributed by atoms with Crippen LogP contribution in [0.1, 0.15) is 47.0 Å². The first-order valence-corrected chi connectivity index (χ1v) is 7.40. The van der Waals surface area contributed by atoms with E-state index in [-0.39, 0.29) is 10.8 Å². The zero-order valence-electron chi connectivity index (χ0n) is 12.3. The quantitative estimate of drug-likeness (QED) is 0.751. The fourth-order valence-corrected chi connectivity index (χ4v) is 5.80. The van der Waals surface area contributed by atoms with E-state index >= 15 is 0 Å². The van der Waals surface area contributed by atoms with Crippen LogP contribution in [0.3, 0.4) is 0 Å². The van der Waals surface area contributed by atoms with Crippen molar-refractivity contribution in [2.24, 2.45) is 34.5 Å². The van der Waals surface area contributed by atoms with E-state index in [1.54, 1.807) is 0 Å². The number of Topliss-reactive ketones (excluding diaryl/α,β-unsaturated/α-hetero) is 1. The summed E-state index contributed by atoms with van der Waals surface area (Å²) in [5.41, 5.74) is 0.0642. The molecule has 4 aliphatic rings. The Morgan fingerprint density at radius 2 is 2.00 bits per heavy atom. The molecule has 0 radical (unpaired) electrons. The van der Waals surface area contributed by atoms with Crippen LogP contribution in [0, 0.1) is 34.5 Å². The van der Waals surface area contributed by atoms with Crippen LogP contribution in [-0.4, -0.2) is 19.0 Å². The third-order valence-corrected chi connectivity index (χ3v) is 6.61. The van der Waals surface area contributed by atoms with E-state index < -0.39 is 0 Å². The fourth-order valence-electron chi connectivity index (χ4n) is 5.80. The first-order valence-electron chi connectivity index (χ1n) is 7.40. The SMILES string of the molecule is CO[C@@H]1[C@H]2C[C@@]3(C)C(=O)C[C@]1(C)[C@H]3C[C@H]2C(C)C. The number of hydrogen-bond donors (Lipinski definition) is 0. The van der Waals surface area contributed by atoms with Crippen LogP contribution in [0.25, 0.3) is 0 Å². The lowest BCUT2D eigenvalue weighted by Gasteiger charge is -2.60. The lowest BCUT2D eigenvalue weighted by molar-refractivity contribution is -0.184. The molecule has 0 aromatic carbocycles. The van der Waals surface area contributed by atoms with Crippen molar-refractivity contribution in [1.29, 1.82) is 0 Å². The highest BCUT2D eigenvalue weighted by atomic mass is 16.5. The van der Waals surface area contributed by atoms with Gasteiger partial charge in [0.25, 0.3) is 0 Å². The molecule has 4 fully saturated rings. The molecule has 0 aliphatic heterocycles. The summed E-state index contributed by atoms with van der Waals surface area (Å²) >= 11 is 0. The van der Waals surface area contributed by atoms with Crippen molar-refractivity contribution in [3.05, 3.63) is 0 Å². The van der Waals surface area contributed by atoms with E-state index in [1.807, 2.05) is 7.11 Å². The second-order valence-corrected chi connectivity index (χ2v) is 7.74. The van der Waals surface area contributed by atoms with Gasteiger partial charge in [0.15, 0.2) is 0 Å². The molecule has 0 aromatic heterocycles. The molecule has 2 heteroatoms. The lowest BCUT2D eigenvalue weighted by Crippen LogP contribution is -2.59. The maximum Gasteiger partial charge on any atom is 0.139 e. The monoisotopic (exact) mass is 250 g/mol. The smallest absolute Gasteiger partial charge is 0.139 e. The number of fused-ring (bicyclic) bond motifs is 1. The van der Waals surface area contributed by atoms with Crippen LogP contribution in [0.4, 0.5) is 0 Å². The van der Waals surface area contributed by atoms with E-state index in [2.05, 4.69) is 27.7 Å². The van der Waals surface area contributed by atoms with Crippen LogP contribution in [0.15, 0.2) is 0 Å². The Hall–Kier alpha value is -0.370. The molecule has 102 valence electrons. The zero-order chi connectivity index (χ0) is 13.3. The van der Waals surface area contributed by atoms with Gasteiger partial charge in [-0.3, -0.25) is 4.79 Å². The van der Waals surface area contributed by atoms with Crippen molar-refractivity contribution in [2.45, 2.75) is 53.1 Å². The van der Waals surface area contributed by atoms with Gasteiger partial charge in [-0.1, -0.05) is 27.7 Å². The number of carbonyl (C=O) groups is 1. The summed E-state index contributed by atoms with van der Waals surface area (Å²) in [5.74, 6) is 3.08. The van der Waals surface area contributed by atoms with Crippen LogP contribution in [-0.2, 0) is 9.53 Å². The summed E-state index contributed by atoms with van der Waals surface area (Å²) in [6, 6.07) is 0. The summed E-state index contributed by atoms with van der Waals surface area (Å²) in [4.78, 5) is 12.5. The molecule has 0 spiro atoms. The molecular formula is C16H26O2. The molecule has 4 bridgehead atoms. The average molecular weight is 250 g/mol. The van der Waals surface area contributed by atoms with E-state index in [1.165, 1.54) is 6.42 Å². The predicted octanol–water partition coefficient (Wildman–Crippen LogP) is 3.30. The van der Waals surface area contributed by atoms with Crippen LogP contribution in [0.5, 0.6) is 0 Å². The third kappa shape index (κ3) is 1.25. The van der Waals surface area contributed by atoms with Gasteiger partial charge in [0, 0.05) is 24.4 Å². The number of carbonyl (C=O) groups excluding carboxylic acids is 1. The van der Waals surface area contributed by atoms with E-state index in [9.17, 15) is 4.79 Å². The van der Waals surface area contributed by atoms with Gasteiger partial charge in [0.2, 0.25) is 0 Å². The Morgan fingerprint density at radius 3 is 2.56 bits per heavy atom. The summed E-state index contributed by atoms with van der Waals surface area (Å²) in [6.07, 6.45) is 3.34. The summed E-state index contributed by atoms with van der Waals surface area (Å²) in [7, 11) is 1.84. The first kappa shape index (κ1) is 12.7. The molecular weight excluding hydrogens is 224 g/mol. The van der Waals surface area contributed by atoms with Crippen LogP contribution >= 0.6 is 0 Å². The normalized spacial score (nSPS) is 54.4. The van der Waals surface area contributed by atoms with Gasteiger partial charge in [-0.05, 0) is 36.5 Å². The maximum absolute atomic E-state index is 12.5. The molecule has 4 rings (SSSR count). The Balaban J connectivity index is 2.06. The molecule has 4 saturated carbocycles. The number of ketones is 1. The summed E-state index contributed by atoms with van der Waals surface area (Å²) in [5, 5.41) is 0. The first-order chi connectivity index (χ1) is 8.34. The summed E-state index contributed by atoms with van der Waals surface area (Å²) in [6.45, 7) is 9.18. The second-order valence-electron chi connectivity index (χ2n) is 7.74. The Kier molecular flexibility index (Phi) is 2.53. The van der Waals surface area contributed by atoms with Crippen molar-refractivity contribution >= 4 is 5.78 Å². The molecule has 2 nitrogen and oxygen atoms in total. The molecule has 0 N–H and O–H groups in total. The topological polar surface area (TPSA) is 26.3 Å². The lowest BCUT2D eigenvalue weighted by atomic mass is 9.46. The second kappa shape index (κ2) is 3.59. The van der Waals surface area contributed by atoms with Gasteiger partial charge in [-0.25, -0.2) is 0 Å². The van der Waals surface area contributed by atoms with Crippen molar-refractivity contribution in [3.63, 3.8) is 0 Å². The Bertz CT molecular complexity index is 389. The predicted molar refractivity (Wildman–Crippen MR) is 71.2 cm³/mol. The van der Waals surface area contributed by atoms with E-state index in [4.69, 9.17) is 4.74 Å². The van der Waals surface area contributed by atoms with Gasteiger partial charge < -0.3 is 4.74 Å². The van der Waals surface area contributed by atoms with Crippen LogP contribution < -0.4 is 0 Å². The van der Waals surface area contributed by atoms with Gasteiger partial charge >= 0.3 is 0 Å². The van der Waals surface area contributed by atoms with Crippen molar-refractivity contribution in [1.82, 2.24) is 0 Å². The molecule has 0 aromatic rings.